The zero-order chi connectivity index (χ0) is 29.7. The van der Waals surface area contributed by atoms with Gasteiger partial charge in [-0.15, -0.1) is 0 Å². The van der Waals surface area contributed by atoms with Crippen LogP contribution in [0.25, 0.3) is 0 Å². The van der Waals surface area contributed by atoms with E-state index >= 15 is 0 Å². The number of benzene rings is 2. The van der Waals surface area contributed by atoms with Crippen molar-refractivity contribution in [3.63, 3.8) is 0 Å². The molecule has 2 aliphatic heterocycles. The highest BCUT2D eigenvalue weighted by molar-refractivity contribution is 6.34. The van der Waals surface area contributed by atoms with Gasteiger partial charge in [-0.1, -0.05) is 48.0 Å². The number of nitrogens with zero attached hydrogens (tertiary/aromatic N) is 4. The molecule has 1 amide bonds. The Bertz CT molecular complexity index is 1440. The van der Waals surface area contributed by atoms with Crippen LogP contribution in [0, 0.1) is 11.3 Å². The number of carbonyl (C=O) groups is 3. The van der Waals surface area contributed by atoms with E-state index in [0.29, 0.717) is 48.1 Å². The first-order valence-corrected chi connectivity index (χ1v) is 13.3. The Morgan fingerprint density at radius 3 is 2.24 bits per heavy atom. The Balaban J connectivity index is 1.92. The molecule has 2 aromatic carbocycles. The molecule has 41 heavy (non-hydrogen) atoms. The summed E-state index contributed by atoms with van der Waals surface area (Å²) in [7, 11) is 2.38. The fourth-order valence-corrected chi connectivity index (χ4v) is 5.38. The number of esters is 2. The first-order chi connectivity index (χ1) is 19.8. The van der Waals surface area contributed by atoms with Gasteiger partial charge in [0.05, 0.1) is 60.4 Å². The van der Waals surface area contributed by atoms with Crippen molar-refractivity contribution < 1.29 is 28.6 Å². The van der Waals surface area contributed by atoms with Crippen LogP contribution in [-0.2, 0) is 23.8 Å². The van der Waals surface area contributed by atoms with Gasteiger partial charge in [0.15, 0.2) is 0 Å². The number of methoxy groups -OCH3 is 2. The van der Waals surface area contributed by atoms with E-state index in [-0.39, 0.29) is 29.3 Å². The fraction of sp³-hybridized carbons (Fsp3) is 0.310. The number of nitrogens with two attached hydrogens (primary N) is 1. The minimum absolute atomic E-state index is 0.0438. The monoisotopic (exact) mass is 579 g/mol. The zero-order valence-electron chi connectivity index (χ0n) is 22.9. The van der Waals surface area contributed by atoms with Crippen LogP contribution < -0.4 is 15.5 Å². The molecule has 0 saturated carbocycles. The van der Waals surface area contributed by atoms with E-state index in [9.17, 15) is 19.6 Å². The minimum Gasteiger partial charge on any atom is -0.466 e. The van der Waals surface area contributed by atoms with E-state index in [4.69, 9.17) is 31.5 Å². The second-order valence-corrected chi connectivity index (χ2v) is 9.52. The molecule has 0 bridgehead atoms. The average molecular weight is 580 g/mol. The molecule has 214 valence electrons. The lowest BCUT2D eigenvalue weighted by Gasteiger charge is -2.40. The predicted molar refractivity (Wildman–Crippen MR) is 152 cm³/mol. The number of hydrogen-bond donors (Lipinski definition) is 1. The maximum Gasteiger partial charge on any atom is 0.409 e. The Morgan fingerprint density at radius 2 is 1.66 bits per heavy atom. The molecule has 0 aliphatic carbocycles. The summed E-state index contributed by atoms with van der Waals surface area (Å²) >= 11 is 6.74. The molecule has 1 fully saturated rings. The second-order valence-electron chi connectivity index (χ2n) is 9.12. The average Bonchev–Trinajstić information content (AvgIpc) is 3.00. The van der Waals surface area contributed by atoms with Crippen molar-refractivity contribution in [3.8, 4) is 6.07 Å². The fourth-order valence-electron chi connectivity index (χ4n) is 5.09. The van der Waals surface area contributed by atoms with Crippen molar-refractivity contribution in [3.05, 3.63) is 81.8 Å². The second kappa shape index (κ2) is 12.7. The van der Waals surface area contributed by atoms with Crippen LogP contribution in [0.5, 0.6) is 0 Å². The molecule has 4 rings (SSSR count). The quantitative estimate of drug-likeness (QED) is 0.399. The van der Waals surface area contributed by atoms with Crippen molar-refractivity contribution in [2.45, 2.75) is 12.8 Å². The molecule has 1 unspecified atom stereocenters. The number of rotatable bonds is 6. The summed E-state index contributed by atoms with van der Waals surface area (Å²) in [6, 6.07) is 16.0. The molecule has 0 aromatic heterocycles. The van der Waals surface area contributed by atoms with Crippen LogP contribution in [0.2, 0.25) is 5.02 Å². The predicted octanol–water partition coefficient (Wildman–Crippen LogP) is 3.52. The molecular weight excluding hydrogens is 550 g/mol. The molecule has 12 heteroatoms. The highest BCUT2D eigenvalue weighted by Gasteiger charge is 2.44. The molecule has 2 N–H and O–H groups in total. The molecule has 2 aromatic rings. The van der Waals surface area contributed by atoms with Gasteiger partial charge in [0, 0.05) is 26.2 Å². The van der Waals surface area contributed by atoms with E-state index in [1.54, 1.807) is 60.4 Å². The van der Waals surface area contributed by atoms with Crippen molar-refractivity contribution in [2.75, 3.05) is 56.8 Å². The number of anilines is 2. The Morgan fingerprint density at radius 1 is 1.00 bits per heavy atom. The maximum absolute atomic E-state index is 13.5. The number of hydrogen-bond acceptors (Lipinski definition) is 10. The van der Waals surface area contributed by atoms with Crippen LogP contribution >= 0.6 is 11.6 Å². The minimum atomic E-state index is -0.991. The number of halogens is 1. The van der Waals surface area contributed by atoms with E-state index in [1.807, 2.05) is 4.90 Å². The third kappa shape index (κ3) is 5.51. The van der Waals surface area contributed by atoms with E-state index in [1.165, 1.54) is 19.1 Å². The molecule has 11 nitrogen and oxygen atoms in total. The van der Waals surface area contributed by atoms with Crippen LogP contribution in [-0.4, -0.2) is 69.9 Å². The van der Waals surface area contributed by atoms with Crippen molar-refractivity contribution in [1.82, 2.24) is 4.90 Å². The van der Waals surface area contributed by atoms with Crippen LogP contribution in [0.4, 0.5) is 16.2 Å². The van der Waals surface area contributed by atoms with Gasteiger partial charge in [-0.05, 0) is 24.6 Å². The summed E-state index contributed by atoms with van der Waals surface area (Å²) in [5, 5.41) is 10.7. The van der Waals surface area contributed by atoms with Gasteiger partial charge in [-0.3, -0.25) is 4.90 Å². The van der Waals surface area contributed by atoms with Crippen LogP contribution in [0.1, 0.15) is 18.4 Å². The van der Waals surface area contributed by atoms with Crippen molar-refractivity contribution >= 4 is 41.0 Å². The highest BCUT2D eigenvalue weighted by Crippen LogP contribution is 2.47. The standard InChI is InChI=1S/C29H30ClN5O6/c1-4-41-29(38)34-15-13-33(14-16-34)24-20(30)11-8-12-21(24)35-25(28(37)40-3)23(27(36)39-2)22(19(17-31)26(35)32)18-9-6-5-7-10-18/h5-12,22H,4,13-16,32H2,1-3H3. The largest absolute Gasteiger partial charge is 0.466 e. The van der Waals surface area contributed by atoms with Gasteiger partial charge in [-0.25, -0.2) is 14.4 Å². The van der Waals surface area contributed by atoms with Crippen molar-refractivity contribution in [1.29, 1.82) is 5.26 Å². The summed E-state index contributed by atoms with van der Waals surface area (Å²) in [6.07, 6.45) is -0.404. The number of ether oxygens (including phenoxy) is 3. The number of nitriles is 1. The Hall–Kier alpha value is -4.69. The molecule has 0 spiro atoms. The molecule has 0 radical (unpaired) electrons. The van der Waals surface area contributed by atoms with Gasteiger partial charge in [0.1, 0.15) is 11.5 Å². The topological polar surface area (TPSA) is 138 Å². The van der Waals surface area contributed by atoms with E-state index in [0.717, 1.165) is 0 Å². The Labute approximate surface area is 242 Å². The third-order valence-corrected chi connectivity index (χ3v) is 7.24. The summed E-state index contributed by atoms with van der Waals surface area (Å²) in [6.45, 7) is 3.53. The SMILES string of the molecule is CCOC(=O)N1CCN(c2c(Cl)cccc2N2C(N)=C(C#N)C(c3ccccc3)C(C(=O)OC)=C2C(=O)OC)CC1. The van der Waals surface area contributed by atoms with Gasteiger partial charge in [-0.2, -0.15) is 5.26 Å². The van der Waals surface area contributed by atoms with Gasteiger partial charge < -0.3 is 29.7 Å². The molecule has 2 aliphatic rings. The first kappa shape index (κ1) is 29.3. The molecular formula is C29H30ClN5O6. The number of carbonyl (C=O) groups excluding carboxylic acids is 3. The number of piperazine rings is 1. The van der Waals surface area contributed by atoms with Gasteiger partial charge in [0.2, 0.25) is 0 Å². The lowest BCUT2D eigenvalue weighted by atomic mass is 9.81. The summed E-state index contributed by atoms with van der Waals surface area (Å²) in [5.74, 6) is -2.74. The summed E-state index contributed by atoms with van der Waals surface area (Å²) in [4.78, 5) is 43.9. The summed E-state index contributed by atoms with van der Waals surface area (Å²) in [5.41, 5.74) is 7.84. The Kier molecular flexibility index (Phi) is 9.04. The number of para-hydroxylation sites is 1. The van der Waals surface area contributed by atoms with Gasteiger partial charge >= 0.3 is 18.0 Å². The van der Waals surface area contributed by atoms with Crippen LogP contribution in [0.15, 0.2) is 71.2 Å². The van der Waals surface area contributed by atoms with Crippen molar-refractivity contribution in [2.24, 2.45) is 5.73 Å². The normalized spacial score (nSPS) is 17.2. The lowest BCUT2D eigenvalue weighted by Crippen LogP contribution is -2.49. The molecule has 1 atom stereocenters. The first-order valence-electron chi connectivity index (χ1n) is 12.9. The van der Waals surface area contributed by atoms with E-state index < -0.39 is 23.9 Å². The summed E-state index contributed by atoms with van der Waals surface area (Å²) < 4.78 is 15.4. The lowest BCUT2D eigenvalue weighted by molar-refractivity contribution is -0.139. The maximum atomic E-state index is 13.5. The third-order valence-electron chi connectivity index (χ3n) is 6.94. The van der Waals surface area contributed by atoms with Gasteiger partial charge in [0.25, 0.3) is 0 Å². The number of allylic oxidation sites excluding steroid dienone is 1. The molecule has 2 heterocycles. The number of amides is 1. The zero-order valence-corrected chi connectivity index (χ0v) is 23.7. The smallest absolute Gasteiger partial charge is 0.409 e. The van der Waals surface area contributed by atoms with Crippen LogP contribution in [0.3, 0.4) is 0 Å². The molecule has 1 saturated heterocycles. The highest BCUT2D eigenvalue weighted by atomic mass is 35.5. The van der Waals surface area contributed by atoms with E-state index in [2.05, 4.69) is 6.07 Å².